The first-order valence-corrected chi connectivity index (χ1v) is 8.17. The molecule has 0 spiro atoms. The number of benzene rings is 1. The smallest absolute Gasteiger partial charge is 0.265 e. The molecule has 22 heavy (non-hydrogen) atoms. The fourth-order valence-electron chi connectivity index (χ4n) is 2.09. The van der Waals surface area contributed by atoms with Crippen molar-refractivity contribution in [1.29, 1.82) is 0 Å². The van der Waals surface area contributed by atoms with E-state index < -0.39 is 0 Å². The third kappa shape index (κ3) is 4.04. The van der Waals surface area contributed by atoms with Crippen molar-refractivity contribution >= 4 is 17.4 Å². The van der Waals surface area contributed by atoms with Crippen LogP contribution < -0.4 is 10.1 Å². The maximum atomic E-state index is 12.3. The van der Waals surface area contributed by atoms with Gasteiger partial charge in [-0.05, 0) is 56.4 Å². The number of aryl methyl sites for hydroxylation is 1. The van der Waals surface area contributed by atoms with Gasteiger partial charge in [0, 0.05) is 0 Å². The Bertz CT molecular complexity index is 640. The maximum Gasteiger partial charge on any atom is 0.265 e. The Hall–Kier alpha value is -1.95. The molecule has 1 unspecified atom stereocenters. The van der Waals surface area contributed by atoms with E-state index in [2.05, 4.69) is 14.9 Å². The van der Waals surface area contributed by atoms with Gasteiger partial charge in [0.1, 0.15) is 10.6 Å². The zero-order valence-electron chi connectivity index (χ0n) is 13.3. The molecule has 0 fully saturated rings. The van der Waals surface area contributed by atoms with Gasteiger partial charge in [0.05, 0.1) is 17.8 Å². The molecule has 0 saturated heterocycles. The average Bonchev–Trinajstić information content (AvgIpc) is 2.95. The molecule has 0 bridgehead atoms. The molecule has 0 saturated carbocycles. The second-order valence-electron chi connectivity index (χ2n) is 5.34. The van der Waals surface area contributed by atoms with Crippen LogP contribution in [0.2, 0.25) is 0 Å². The molecule has 6 heteroatoms. The molecule has 5 nitrogen and oxygen atoms in total. The molecule has 0 aliphatic heterocycles. The third-order valence-electron chi connectivity index (χ3n) is 3.17. The first-order chi connectivity index (χ1) is 10.5. The number of aromatic nitrogens is 2. The van der Waals surface area contributed by atoms with Gasteiger partial charge in [0.15, 0.2) is 0 Å². The van der Waals surface area contributed by atoms with Gasteiger partial charge in [0.25, 0.3) is 5.91 Å². The fraction of sp³-hybridized carbons (Fsp3) is 0.438. The first kappa shape index (κ1) is 16.4. The van der Waals surface area contributed by atoms with Crippen LogP contribution in [0, 0.1) is 0 Å². The van der Waals surface area contributed by atoms with Crippen LogP contribution in [0.1, 0.15) is 54.7 Å². The number of amides is 1. The Morgan fingerprint density at radius 3 is 2.82 bits per heavy atom. The zero-order chi connectivity index (χ0) is 16.1. The van der Waals surface area contributed by atoms with Crippen molar-refractivity contribution < 1.29 is 9.53 Å². The summed E-state index contributed by atoms with van der Waals surface area (Å²) in [7, 11) is 0. The summed E-state index contributed by atoms with van der Waals surface area (Å²) in [5.41, 5.74) is 1.74. The molecule has 1 atom stereocenters. The van der Waals surface area contributed by atoms with Crippen molar-refractivity contribution in [2.45, 2.75) is 46.3 Å². The molecule has 1 aromatic carbocycles. The predicted octanol–water partition coefficient (Wildman–Crippen LogP) is 3.38. The van der Waals surface area contributed by atoms with Gasteiger partial charge in [-0.25, -0.2) is 0 Å². The summed E-state index contributed by atoms with van der Waals surface area (Å²) in [6.45, 7) is 7.89. The second kappa shape index (κ2) is 7.35. The van der Waals surface area contributed by atoms with Gasteiger partial charge in [0.2, 0.25) is 0 Å². The van der Waals surface area contributed by atoms with Crippen molar-refractivity contribution in [2.75, 3.05) is 0 Å². The number of nitrogens with zero attached hydrogens (tertiary/aromatic N) is 2. The van der Waals surface area contributed by atoms with Crippen LogP contribution in [0.25, 0.3) is 0 Å². The SMILES string of the molecule is CCc1nnsc1C(=O)NC(C)c1cccc(OC(C)C)c1. The molecule has 1 N–H and O–H groups in total. The molecule has 1 amide bonds. The summed E-state index contributed by atoms with van der Waals surface area (Å²) in [6.07, 6.45) is 0.821. The summed E-state index contributed by atoms with van der Waals surface area (Å²) in [5, 5.41) is 6.96. The molecular formula is C16H21N3O2S. The summed E-state index contributed by atoms with van der Waals surface area (Å²) in [5.74, 6) is 0.678. The number of ether oxygens (including phenoxy) is 1. The highest BCUT2D eigenvalue weighted by Crippen LogP contribution is 2.21. The quantitative estimate of drug-likeness (QED) is 0.886. The number of nitrogens with one attached hydrogen (secondary N) is 1. The minimum atomic E-state index is -0.130. The Balaban J connectivity index is 2.08. The second-order valence-corrected chi connectivity index (χ2v) is 6.09. The number of hydrogen-bond donors (Lipinski definition) is 1. The molecular weight excluding hydrogens is 298 g/mol. The van der Waals surface area contributed by atoms with Crippen LogP contribution in [0.4, 0.5) is 0 Å². The van der Waals surface area contributed by atoms with E-state index >= 15 is 0 Å². The van der Waals surface area contributed by atoms with E-state index in [-0.39, 0.29) is 18.1 Å². The minimum Gasteiger partial charge on any atom is -0.491 e. The number of rotatable bonds is 6. The lowest BCUT2D eigenvalue weighted by atomic mass is 10.1. The standard InChI is InChI=1S/C16H21N3O2S/c1-5-14-15(22-19-18-14)16(20)17-11(4)12-7-6-8-13(9-12)21-10(2)3/h6-11H,5H2,1-4H3,(H,17,20). The van der Waals surface area contributed by atoms with Gasteiger partial charge in [-0.15, -0.1) is 5.10 Å². The molecule has 118 valence electrons. The lowest BCUT2D eigenvalue weighted by molar-refractivity contribution is 0.0942. The zero-order valence-corrected chi connectivity index (χ0v) is 14.1. The van der Waals surface area contributed by atoms with Crippen LogP contribution in [0.5, 0.6) is 5.75 Å². The van der Waals surface area contributed by atoms with Crippen molar-refractivity contribution in [3.63, 3.8) is 0 Å². The first-order valence-electron chi connectivity index (χ1n) is 7.40. The number of carbonyl (C=O) groups excluding carboxylic acids is 1. The van der Waals surface area contributed by atoms with Crippen molar-refractivity contribution in [1.82, 2.24) is 14.9 Å². The van der Waals surface area contributed by atoms with E-state index in [0.717, 1.165) is 28.5 Å². The Morgan fingerprint density at radius 2 is 2.14 bits per heavy atom. The van der Waals surface area contributed by atoms with E-state index in [4.69, 9.17) is 4.74 Å². The van der Waals surface area contributed by atoms with Crippen LogP contribution in [-0.4, -0.2) is 21.6 Å². The van der Waals surface area contributed by atoms with Crippen molar-refractivity contribution in [2.24, 2.45) is 0 Å². The minimum absolute atomic E-state index is 0.116. The monoisotopic (exact) mass is 319 g/mol. The predicted molar refractivity (Wildman–Crippen MR) is 87.4 cm³/mol. The van der Waals surface area contributed by atoms with Crippen LogP contribution in [0.15, 0.2) is 24.3 Å². The molecule has 1 heterocycles. The summed E-state index contributed by atoms with van der Waals surface area (Å²) < 4.78 is 9.54. The highest BCUT2D eigenvalue weighted by Gasteiger charge is 2.18. The Kier molecular flexibility index (Phi) is 5.49. The van der Waals surface area contributed by atoms with Gasteiger partial charge >= 0.3 is 0 Å². The topological polar surface area (TPSA) is 64.1 Å². The molecule has 2 aromatic rings. The van der Waals surface area contributed by atoms with Gasteiger partial charge < -0.3 is 10.1 Å². The Labute approximate surface area is 134 Å². The highest BCUT2D eigenvalue weighted by atomic mass is 32.1. The Morgan fingerprint density at radius 1 is 1.36 bits per heavy atom. The van der Waals surface area contributed by atoms with E-state index in [1.54, 1.807) is 0 Å². The van der Waals surface area contributed by atoms with E-state index in [9.17, 15) is 4.79 Å². The normalized spacial score (nSPS) is 12.2. The molecule has 0 radical (unpaired) electrons. The van der Waals surface area contributed by atoms with E-state index in [1.165, 1.54) is 0 Å². The van der Waals surface area contributed by atoms with Gasteiger partial charge in [-0.2, -0.15) is 0 Å². The maximum absolute atomic E-state index is 12.3. The van der Waals surface area contributed by atoms with Crippen molar-refractivity contribution in [3.8, 4) is 5.75 Å². The number of carbonyl (C=O) groups is 1. The largest absolute Gasteiger partial charge is 0.491 e. The fourth-order valence-corrected chi connectivity index (χ4v) is 2.74. The summed E-state index contributed by atoms with van der Waals surface area (Å²) in [6, 6.07) is 7.66. The van der Waals surface area contributed by atoms with Crippen LogP contribution in [-0.2, 0) is 6.42 Å². The average molecular weight is 319 g/mol. The van der Waals surface area contributed by atoms with Gasteiger partial charge in [-0.1, -0.05) is 23.5 Å². The molecule has 0 aliphatic rings. The van der Waals surface area contributed by atoms with E-state index in [0.29, 0.717) is 11.3 Å². The van der Waals surface area contributed by atoms with Crippen LogP contribution >= 0.6 is 11.5 Å². The highest BCUT2D eigenvalue weighted by molar-refractivity contribution is 7.08. The van der Waals surface area contributed by atoms with Crippen LogP contribution in [0.3, 0.4) is 0 Å². The molecule has 0 aliphatic carbocycles. The van der Waals surface area contributed by atoms with Crippen molar-refractivity contribution in [3.05, 3.63) is 40.4 Å². The summed E-state index contributed by atoms with van der Waals surface area (Å²) >= 11 is 1.13. The van der Waals surface area contributed by atoms with Gasteiger partial charge in [-0.3, -0.25) is 4.79 Å². The molecule has 2 rings (SSSR count). The third-order valence-corrected chi connectivity index (χ3v) is 3.94. The lowest BCUT2D eigenvalue weighted by Gasteiger charge is -2.16. The molecule has 1 aromatic heterocycles. The van der Waals surface area contributed by atoms with E-state index in [1.807, 2.05) is 52.0 Å². The number of hydrogen-bond acceptors (Lipinski definition) is 5. The lowest BCUT2D eigenvalue weighted by Crippen LogP contribution is -2.26. The summed E-state index contributed by atoms with van der Waals surface area (Å²) in [4.78, 5) is 12.9.